The minimum Gasteiger partial charge on any atom is -0.388 e. The molecule has 0 amide bonds. The molecule has 12 heavy (non-hydrogen) atoms. The van der Waals surface area contributed by atoms with E-state index in [9.17, 15) is 5.11 Å². The van der Waals surface area contributed by atoms with E-state index in [4.69, 9.17) is 0 Å². The van der Waals surface area contributed by atoms with Crippen LogP contribution in [-0.2, 0) is 0 Å². The molecule has 1 aliphatic rings. The molecule has 0 unspecified atom stereocenters. The monoisotopic (exact) mass is 168 g/mol. The lowest BCUT2D eigenvalue weighted by Gasteiger charge is -2.36. The number of hydrogen-bond donors (Lipinski definition) is 1. The molecule has 70 valence electrons. The van der Waals surface area contributed by atoms with Crippen LogP contribution in [0.5, 0.6) is 0 Å². The summed E-state index contributed by atoms with van der Waals surface area (Å²) in [6.07, 6.45) is 2.09. The molecular weight excluding hydrogens is 148 g/mol. The van der Waals surface area contributed by atoms with Crippen LogP contribution in [0.2, 0.25) is 0 Å². The summed E-state index contributed by atoms with van der Waals surface area (Å²) < 4.78 is 0. The number of hydrogen-bond acceptors (Lipinski definition) is 1. The zero-order valence-corrected chi connectivity index (χ0v) is 8.38. The minimum atomic E-state index is -0.256. The van der Waals surface area contributed by atoms with E-state index in [1.165, 1.54) is 6.42 Å². The third-order valence-electron chi connectivity index (χ3n) is 3.21. The maximum Gasteiger partial charge on any atom is 0.0780 e. The second-order valence-electron chi connectivity index (χ2n) is 4.41. The Morgan fingerprint density at radius 1 is 1.42 bits per heavy atom. The van der Waals surface area contributed by atoms with E-state index >= 15 is 0 Å². The van der Waals surface area contributed by atoms with Gasteiger partial charge in [-0.05, 0) is 36.2 Å². The van der Waals surface area contributed by atoms with Gasteiger partial charge in [-0.1, -0.05) is 27.4 Å². The van der Waals surface area contributed by atoms with Crippen LogP contribution in [0.3, 0.4) is 0 Å². The second kappa shape index (κ2) is 3.61. The summed E-state index contributed by atoms with van der Waals surface area (Å²) in [6, 6.07) is 0. The van der Waals surface area contributed by atoms with Crippen molar-refractivity contribution in [2.75, 3.05) is 0 Å². The Kier molecular flexibility index (Phi) is 2.94. The Morgan fingerprint density at radius 2 is 2.00 bits per heavy atom. The van der Waals surface area contributed by atoms with E-state index in [1.807, 2.05) is 0 Å². The van der Waals surface area contributed by atoms with Crippen LogP contribution >= 0.6 is 0 Å². The van der Waals surface area contributed by atoms with E-state index in [1.54, 1.807) is 0 Å². The predicted octanol–water partition coefficient (Wildman–Crippen LogP) is 2.61. The fourth-order valence-electron chi connectivity index (χ4n) is 2.05. The molecule has 1 heteroatoms. The van der Waals surface area contributed by atoms with E-state index in [-0.39, 0.29) is 6.10 Å². The highest BCUT2D eigenvalue weighted by Gasteiger charge is 2.31. The van der Waals surface area contributed by atoms with Crippen LogP contribution in [-0.4, -0.2) is 11.2 Å². The largest absolute Gasteiger partial charge is 0.388 e. The van der Waals surface area contributed by atoms with Crippen molar-refractivity contribution in [3.63, 3.8) is 0 Å². The average molecular weight is 168 g/mol. The quantitative estimate of drug-likeness (QED) is 0.597. The highest BCUT2D eigenvalue weighted by Crippen LogP contribution is 2.36. The van der Waals surface area contributed by atoms with Gasteiger partial charge in [-0.25, -0.2) is 0 Å². The summed E-state index contributed by atoms with van der Waals surface area (Å²) in [4.78, 5) is 0. The molecule has 1 fully saturated rings. The smallest absolute Gasteiger partial charge is 0.0780 e. The van der Waals surface area contributed by atoms with Crippen molar-refractivity contribution in [1.29, 1.82) is 0 Å². The van der Waals surface area contributed by atoms with Gasteiger partial charge >= 0.3 is 0 Å². The fraction of sp³-hybridized carbons (Fsp3) is 0.818. The van der Waals surface area contributed by atoms with Crippen molar-refractivity contribution in [2.45, 2.75) is 39.7 Å². The predicted molar refractivity (Wildman–Crippen MR) is 51.9 cm³/mol. The molecule has 1 N–H and O–H groups in total. The van der Waals surface area contributed by atoms with Crippen LogP contribution in [0.25, 0.3) is 0 Å². The Balaban J connectivity index is 2.65. The van der Waals surface area contributed by atoms with E-state index in [0.29, 0.717) is 17.8 Å². The van der Waals surface area contributed by atoms with Crippen molar-refractivity contribution in [3.8, 4) is 0 Å². The molecule has 1 aliphatic carbocycles. The highest BCUT2D eigenvalue weighted by atomic mass is 16.3. The Bertz CT molecular complexity index is 172. The van der Waals surface area contributed by atoms with Gasteiger partial charge in [0.05, 0.1) is 6.10 Å². The molecular formula is C11H20O. The van der Waals surface area contributed by atoms with Gasteiger partial charge in [-0.3, -0.25) is 0 Å². The van der Waals surface area contributed by atoms with E-state index < -0.39 is 0 Å². The maximum absolute atomic E-state index is 9.88. The van der Waals surface area contributed by atoms with Gasteiger partial charge in [0.2, 0.25) is 0 Å². The molecule has 0 saturated heterocycles. The molecule has 1 nitrogen and oxygen atoms in total. The summed E-state index contributed by atoms with van der Waals surface area (Å²) in [7, 11) is 0. The van der Waals surface area contributed by atoms with Crippen LogP contribution in [0, 0.1) is 17.8 Å². The Morgan fingerprint density at radius 3 is 2.50 bits per heavy atom. The van der Waals surface area contributed by atoms with Crippen LogP contribution in [0.4, 0.5) is 0 Å². The van der Waals surface area contributed by atoms with Crippen LogP contribution < -0.4 is 0 Å². The van der Waals surface area contributed by atoms with Gasteiger partial charge in [0, 0.05) is 0 Å². The normalized spacial score (nSPS) is 37.4. The lowest BCUT2D eigenvalue weighted by molar-refractivity contribution is 0.0740. The summed E-state index contributed by atoms with van der Waals surface area (Å²) in [5.41, 5.74) is 1.04. The van der Waals surface area contributed by atoms with Gasteiger partial charge in [0.25, 0.3) is 0 Å². The average Bonchev–Trinajstić information content (AvgIpc) is 2.00. The number of rotatable bonds is 1. The third-order valence-corrected chi connectivity index (χ3v) is 3.21. The second-order valence-corrected chi connectivity index (χ2v) is 4.41. The number of aliphatic hydroxyl groups excluding tert-OH is 1. The number of aliphatic hydroxyl groups is 1. The van der Waals surface area contributed by atoms with Gasteiger partial charge in [-0.2, -0.15) is 0 Å². The Labute approximate surface area is 75.5 Å². The lowest BCUT2D eigenvalue weighted by atomic mass is 9.73. The molecule has 0 heterocycles. The molecule has 1 saturated carbocycles. The third kappa shape index (κ3) is 1.71. The SMILES string of the molecule is C=C1[C@H](C)CC[C@H](C(C)C)[C@@H]1O. The van der Waals surface area contributed by atoms with Crippen molar-refractivity contribution < 1.29 is 5.11 Å². The highest BCUT2D eigenvalue weighted by molar-refractivity contribution is 5.11. The minimum absolute atomic E-state index is 0.256. The maximum atomic E-state index is 9.88. The lowest BCUT2D eigenvalue weighted by Crippen LogP contribution is -2.33. The summed E-state index contributed by atoms with van der Waals surface area (Å²) >= 11 is 0. The first kappa shape index (κ1) is 9.79. The van der Waals surface area contributed by atoms with Crippen LogP contribution in [0.15, 0.2) is 12.2 Å². The molecule has 0 spiro atoms. The molecule has 0 radical (unpaired) electrons. The zero-order valence-electron chi connectivity index (χ0n) is 8.38. The molecule has 0 aromatic heterocycles. The molecule has 0 bridgehead atoms. The van der Waals surface area contributed by atoms with Gasteiger partial charge in [-0.15, -0.1) is 0 Å². The van der Waals surface area contributed by atoms with E-state index in [0.717, 1.165) is 12.0 Å². The first-order chi connectivity index (χ1) is 5.54. The summed E-state index contributed by atoms with van der Waals surface area (Å²) in [6.45, 7) is 10.5. The van der Waals surface area contributed by atoms with Crippen molar-refractivity contribution in [3.05, 3.63) is 12.2 Å². The molecule has 3 atom stereocenters. The first-order valence-electron chi connectivity index (χ1n) is 4.90. The van der Waals surface area contributed by atoms with Gasteiger partial charge in [0.1, 0.15) is 0 Å². The van der Waals surface area contributed by atoms with Crippen molar-refractivity contribution >= 4 is 0 Å². The van der Waals surface area contributed by atoms with Crippen LogP contribution in [0.1, 0.15) is 33.6 Å². The Hall–Kier alpha value is -0.300. The summed E-state index contributed by atoms with van der Waals surface area (Å²) in [5, 5.41) is 9.88. The molecule has 0 aromatic rings. The van der Waals surface area contributed by atoms with E-state index in [2.05, 4.69) is 27.4 Å². The first-order valence-corrected chi connectivity index (χ1v) is 4.90. The molecule has 0 aromatic carbocycles. The van der Waals surface area contributed by atoms with Gasteiger partial charge < -0.3 is 5.11 Å². The van der Waals surface area contributed by atoms with Crippen molar-refractivity contribution in [1.82, 2.24) is 0 Å². The topological polar surface area (TPSA) is 20.2 Å². The molecule has 1 rings (SSSR count). The standard InChI is InChI=1S/C11H20O/c1-7(2)10-6-5-8(3)9(4)11(10)12/h7-8,10-12H,4-6H2,1-3H3/t8-,10-,11-/m1/s1. The zero-order chi connectivity index (χ0) is 9.30. The molecule has 0 aliphatic heterocycles. The van der Waals surface area contributed by atoms with Gasteiger partial charge in [0.15, 0.2) is 0 Å². The summed E-state index contributed by atoms with van der Waals surface area (Å²) in [5.74, 6) is 1.52. The fourth-order valence-corrected chi connectivity index (χ4v) is 2.05. The van der Waals surface area contributed by atoms with Crippen molar-refractivity contribution in [2.24, 2.45) is 17.8 Å².